The lowest BCUT2D eigenvalue weighted by molar-refractivity contribution is -0.659. The van der Waals surface area contributed by atoms with Crippen LogP contribution in [0.1, 0.15) is 85.5 Å². The minimum atomic E-state index is 0.709. The zero-order chi connectivity index (χ0) is 31.6. The summed E-state index contributed by atoms with van der Waals surface area (Å²) in [6, 6.07) is 37.9. The van der Waals surface area contributed by atoms with Crippen molar-refractivity contribution in [1.29, 1.82) is 0 Å². The number of aromatic nitrogens is 2. The Morgan fingerprint density at radius 1 is 0.543 bits per heavy atom. The second-order valence-corrected chi connectivity index (χ2v) is 13.8. The van der Waals surface area contributed by atoms with Gasteiger partial charge in [0.2, 0.25) is 16.9 Å². The summed E-state index contributed by atoms with van der Waals surface area (Å²) in [5.41, 5.74) is 12.7. The molecule has 0 atom stereocenters. The summed E-state index contributed by atoms with van der Waals surface area (Å²) in [7, 11) is 4.38. The van der Waals surface area contributed by atoms with Gasteiger partial charge in [0.1, 0.15) is 14.1 Å². The molecular formula is C44H48N2+2. The zero-order valence-electron chi connectivity index (χ0n) is 28.1. The number of benzene rings is 4. The van der Waals surface area contributed by atoms with Crippen LogP contribution in [-0.2, 0) is 14.1 Å². The molecule has 2 fully saturated rings. The average Bonchev–Trinajstić information content (AvgIpc) is 3.82. The minimum absolute atomic E-state index is 0.709. The van der Waals surface area contributed by atoms with Gasteiger partial charge in [-0.3, -0.25) is 0 Å². The maximum absolute atomic E-state index is 2.54. The van der Waals surface area contributed by atoms with E-state index in [1.165, 1.54) is 107 Å². The highest BCUT2D eigenvalue weighted by atomic mass is 14.9. The largest absolute Gasteiger partial charge is 0.220 e. The number of para-hydroxylation sites is 1. The van der Waals surface area contributed by atoms with Crippen LogP contribution in [0.5, 0.6) is 0 Å². The molecule has 2 saturated carbocycles. The Hall–Kier alpha value is -4.30. The molecule has 0 N–H and O–H groups in total. The second kappa shape index (κ2) is 13.2. The van der Waals surface area contributed by atoms with Crippen LogP contribution in [0.15, 0.2) is 109 Å². The standard InChI is InChI=1S/C27H32N.C17H16N/c1-19-15-16-22(20-9-3-4-10-20)17-24(19)27-25(21-11-5-6-12-21)18-23-13-7-8-14-26(23)28(27)2;1-13-7-3-5-9-15(13)17-16-10-6-4-8-14(16)11-12-18(17)2/h7-8,13-18,20-21H,3-6,9-12H2,1-2H3;3-12H,1-2H3/q2*+1. The van der Waals surface area contributed by atoms with E-state index in [2.05, 4.69) is 146 Å². The molecule has 46 heavy (non-hydrogen) atoms. The molecule has 0 amide bonds. The van der Waals surface area contributed by atoms with Gasteiger partial charge in [-0.15, -0.1) is 0 Å². The van der Waals surface area contributed by atoms with E-state index in [-0.39, 0.29) is 0 Å². The van der Waals surface area contributed by atoms with Crippen LogP contribution in [-0.4, -0.2) is 0 Å². The molecule has 0 spiro atoms. The Labute approximate surface area is 275 Å². The van der Waals surface area contributed by atoms with Crippen LogP contribution in [0.4, 0.5) is 0 Å². The number of pyridine rings is 2. The fourth-order valence-electron chi connectivity index (χ4n) is 8.25. The first-order chi connectivity index (χ1) is 22.5. The Morgan fingerprint density at radius 2 is 1.17 bits per heavy atom. The molecule has 6 aromatic rings. The highest BCUT2D eigenvalue weighted by Gasteiger charge is 2.29. The van der Waals surface area contributed by atoms with E-state index in [0.717, 1.165) is 5.92 Å². The van der Waals surface area contributed by atoms with Crippen LogP contribution < -0.4 is 9.13 Å². The molecule has 2 nitrogen and oxygen atoms in total. The summed E-state index contributed by atoms with van der Waals surface area (Å²) in [5, 5.41) is 3.96. The van der Waals surface area contributed by atoms with Crippen LogP contribution in [0.2, 0.25) is 0 Å². The summed E-state index contributed by atoms with van der Waals surface area (Å²) in [4.78, 5) is 0. The lowest BCUT2D eigenvalue weighted by atomic mass is 9.87. The number of fused-ring (bicyclic) bond motifs is 2. The zero-order valence-corrected chi connectivity index (χ0v) is 28.1. The van der Waals surface area contributed by atoms with Gasteiger partial charge in [0.05, 0.1) is 5.39 Å². The highest BCUT2D eigenvalue weighted by Crippen LogP contribution is 2.42. The van der Waals surface area contributed by atoms with E-state index in [1.807, 2.05) is 0 Å². The molecule has 0 bridgehead atoms. The normalized spacial score (nSPS) is 15.4. The maximum atomic E-state index is 2.54. The number of nitrogens with zero attached hydrogens (tertiary/aromatic N) is 2. The fourth-order valence-corrected chi connectivity index (χ4v) is 8.25. The third-order valence-corrected chi connectivity index (χ3v) is 10.8. The smallest absolute Gasteiger partial charge is 0.200 e. The van der Waals surface area contributed by atoms with Crippen molar-refractivity contribution in [3.05, 3.63) is 132 Å². The first-order valence-electron chi connectivity index (χ1n) is 17.5. The Kier molecular flexibility index (Phi) is 8.71. The van der Waals surface area contributed by atoms with Crippen molar-refractivity contribution in [1.82, 2.24) is 0 Å². The van der Waals surface area contributed by atoms with E-state index in [1.54, 1.807) is 11.1 Å². The molecule has 8 rings (SSSR count). The van der Waals surface area contributed by atoms with Gasteiger partial charge in [-0.2, -0.15) is 4.57 Å². The molecule has 2 aliphatic carbocycles. The molecule has 2 heterocycles. The molecule has 4 aromatic carbocycles. The van der Waals surface area contributed by atoms with Crippen molar-refractivity contribution in [3.63, 3.8) is 0 Å². The molecule has 0 unspecified atom stereocenters. The molecule has 0 aliphatic heterocycles. The highest BCUT2D eigenvalue weighted by molar-refractivity contribution is 5.93. The van der Waals surface area contributed by atoms with Crippen molar-refractivity contribution in [2.75, 3.05) is 0 Å². The second-order valence-electron chi connectivity index (χ2n) is 13.8. The van der Waals surface area contributed by atoms with Crippen LogP contribution >= 0.6 is 0 Å². The monoisotopic (exact) mass is 604 g/mol. The molecule has 0 saturated heterocycles. The van der Waals surface area contributed by atoms with Crippen LogP contribution in [0.25, 0.3) is 44.2 Å². The van der Waals surface area contributed by atoms with Crippen molar-refractivity contribution in [2.24, 2.45) is 14.1 Å². The Morgan fingerprint density at radius 3 is 1.93 bits per heavy atom. The van der Waals surface area contributed by atoms with Gasteiger partial charge in [-0.05, 0) is 104 Å². The van der Waals surface area contributed by atoms with Crippen LogP contribution in [0.3, 0.4) is 0 Å². The average molecular weight is 605 g/mol. The summed E-state index contributed by atoms with van der Waals surface area (Å²) in [5.74, 6) is 1.47. The van der Waals surface area contributed by atoms with Gasteiger partial charge >= 0.3 is 0 Å². The fraction of sp³-hybridized carbons (Fsp3) is 0.318. The topological polar surface area (TPSA) is 7.76 Å². The van der Waals surface area contributed by atoms with Crippen molar-refractivity contribution in [2.45, 2.75) is 77.0 Å². The Bertz CT molecular complexity index is 2010. The van der Waals surface area contributed by atoms with Crippen molar-refractivity contribution < 1.29 is 9.13 Å². The first kappa shape index (κ1) is 30.4. The van der Waals surface area contributed by atoms with Gasteiger partial charge in [0.15, 0.2) is 6.20 Å². The molecule has 2 aliphatic rings. The van der Waals surface area contributed by atoms with E-state index < -0.39 is 0 Å². The van der Waals surface area contributed by atoms with Gasteiger partial charge in [-0.25, -0.2) is 4.57 Å². The number of hydrogen-bond acceptors (Lipinski definition) is 0. The molecule has 0 radical (unpaired) electrons. The molecular weight excluding hydrogens is 556 g/mol. The Balaban J connectivity index is 0.000000162. The molecule has 2 aromatic heterocycles. The van der Waals surface area contributed by atoms with E-state index in [9.17, 15) is 0 Å². The number of aryl methyl sites for hydroxylation is 4. The van der Waals surface area contributed by atoms with E-state index in [4.69, 9.17) is 0 Å². The number of hydrogen-bond donors (Lipinski definition) is 0. The van der Waals surface area contributed by atoms with Gasteiger partial charge < -0.3 is 0 Å². The van der Waals surface area contributed by atoms with Crippen molar-refractivity contribution >= 4 is 21.7 Å². The predicted molar refractivity (Wildman–Crippen MR) is 193 cm³/mol. The van der Waals surface area contributed by atoms with Crippen LogP contribution in [0, 0.1) is 13.8 Å². The molecule has 232 valence electrons. The molecule has 2 heteroatoms. The van der Waals surface area contributed by atoms with Gasteiger partial charge in [-0.1, -0.05) is 86.3 Å². The summed E-state index contributed by atoms with van der Waals surface area (Å²) in [6.45, 7) is 4.46. The maximum Gasteiger partial charge on any atom is 0.220 e. The third-order valence-electron chi connectivity index (χ3n) is 10.8. The third kappa shape index (κ3) is 5.86. The summed E-state index contributed by atoms with van der Waals surface area (Å²) < 4.78 is 4.68. The first-order valence-corrected chi connectivity index (χ1v) is 17.5. The summed E-state index contributed by atoms with van der Waals surface area (Å²) in [6.07, 6.45) is 13.1. The SMILES string of the molecule is Cc1ccc(C2CCCC2)cc1-c1c(C2CCCC2)cc2ccccc2[n+]1C.Cc1ccccc1-c1c2ccccc2cc[n+]1C. The minimum Gasteiger partial charge on any atom is -0.200 e. The predicted octanol–water partition coefficient (Wildman–Crippen LogP) is 10.6. The van der Waals surface area contributed by atoms with Gasteiger partial charge in [0.25, 0.3) is 0 Å². The van der Waals surface area contributed by atoms with E-state index >= 15 is 0 Å². The quantitative estimate of drug-likeness (QED) is 0.177. The lowest BCUT2D eigenvalue weighted by Crippen LogP contribution is -2.34. The van der Waals surface area contributed by atoms with E-state index in [0.29, 0.717) is 5.92 Å². The lowest BCUT2D eigenvalue weighted by Gasteiger charge is -2.18. The summed E-state index contributed by atoms with van der Waals surface area (Å²) >= 11 is 0. The number of rotatable bonds is 4. The van der Waals surface area contributed by atoms with Crippen molar-refractivity contribution in [3.8, 4) is 22.5 Å². The van der Waals surface area contributed by atoms with Gasteiger partial charge in [0, 0.05) is 34.2 Å².